The van der Waals surface area contributed by atoms with Crippen LogP contribution in [0.2, 0.25) is 5.02 Å². The Kier molecular flexibility index (Phi) is 3.91. The number of nitrogens with zero attached hydrogens (tertiary/aromatic N) is 1. The molecule has 3 rings (SSSR count). The summed E-state index contributed by atoms with van der Waals surface area (Å²) in [6.07, 6.45) is 1.68. The molecule has 0 aliphatic carbocycles. The number of benzene rings is 2. The summed E-state index contributed by atoms with van der Waals surface area (Å²) in [5.41, 5.74) is 3.77. The first-order valence-corrected chi connectivity index (χ1v) is 7.30. The lowest BCUT2D eigenvalue weighted by atomic mass is 9.98. The van der Waals surface area contributed by atoms with Crippen LogP contribution in [0.3, 0.4) is 0 Å². The fourth-order valence-corrected chi connectivity index (χ4v) is 2.83. The number of hydrogen-bond donors (Lipinski definition) is 1. The minimum Gasteiger partial charge on any atom is -0.388 e. The molecule has 1 heterocycles. The Labute approximate surface area is 129 Å². The highest BCUT2D eigenvalue weighted by Crippen LogP contribution is 2.29. The summed E-state index contributed by atoms with van der Waals surface area (Å²) in [4.78, 5) is 4.35. The first-order valence-electron chi connectivity index (χ1n) is 6.92. The molecule has 0 fully saturated rings. The van der Waals surface area contributed by atoms with Crippen LogP contribution in [0.15, 0.2) is 54.7 Å². The fraction of sp³-hybridized carbons (Fsp3) is 0.167. The van der Waals surface area contributed by atoms with E-state index in [2.05, 4.69) is 4.98 Å². The van der Waals surface area contributed by atoms with Crippen molar-refractivity contribution in [3.8, 4) is 0 Å². The van der Waals surface area contributed by atoms with Gasteiger partial charge in [0.15, 0.2) is 0 Å². The van der Waals surface area contributed by atoms with Crippen molar-refractivity contribution in [3.05, 3.63) is 76.4 Å². The molecule has 3 aromatic rings. The Hall–Kier alpha value is -1.90. The third-order valence-corrected chi connectivity index (χ3v) is 4.25. The summed E-state index contributed by atoms with van der Waals surface area (Å²) in [7, 11) is 0. The van der Waals surface area contributed by atoms with E-state index in [1.54, 1.807) is 6.20 Å². The number of pyridine rings is 1. The summed E-state index contributed by atoms with van der Waals surface area (Å²) in [6.45, 7) is 1.94. The predicted octanol–water partition coefficient (Wildman–Crippen LogP) is 4.47. The van der Waals surface area contributed by atoms with Gasteiger partial charge < -0.3 is 5.11 Å². The van der Waals surface area contributed by atoms with Crippen LogP contribution in [-0.2, 0) is 6.42 Å². The third kappa shape index (κ3) is 2.78. The van der Waals surface area contributed by atoms with Crippen LogP contribution in [0, 0.1) is 6.92 Å². The highest BCUT2D eigenvalue weighted by Gasteiger charge is 2.14. The van der Waals surface area contributed by atoms with Crippen molar-refractivity contribution in [2.75, 3.05) is 0 Å². The van der Waals surface area contributed by atoms with Crippen LogP contribution < -0.4 is 0 Å². The number of aliphatic hydroxyl groups is 1. The molecule has 0 saturated heterocycles. The Morgan fingerprint density at radius 2 is 1.90 bits per heavy atom. The topological polar surface area (TPSA) is 33.1 Å². The van der Waals surface area contributed by atoms with Crippen molar-refractivity contribution in [1.82, 2.24) is 4.98 Å². The summed E-state index contributed by atoms with van der Waals surface area (Å²) in [5, 5.41) is 12.2. The number of aromatic nitrogens is 1. The molecular formula is C18H16ClNO. The van der Waals surface area contributed by atoms with Gasteiger partial charge in [0, 0.05) is 23.0 Å². The van der Waals surface area contributed by atoms with Gasteiger partial charge in [-0.25, -0.2) is 0 Å². The van der Waals surface area contributed by atoms with E-state index in [1.807, 2.05) is 55.5 Å². The van der Waals surface area contributed by atoms with E-state index in [9.17, 15) is 5.11 Å². The molecule has 0 aliphatic heterocycles. The van der Waals surface area contributed by atoms with Crippen molar-refractivity contribution < 1.29 is 5.11 Å². The number of hydrogen-bond acceptors (Lipinski definition) is 2. The van der Waals surface area contributed by atoms with Crippen molar-refractivity contribution in [3.63, 3.8) is 0 Å². The van der Waals surface area contributed by atoms with E-state index in [0.717, 1.165) is 27.6 Å². The van der Waals surface area contributed by atoms with Gasteiger partial charge in [-0.2, -0.15) is 0 Å². The highest BCUT2D eigenvalue weighted by molar-refractivity contribution is 6.32. The number of fused-ring (bicyclic) bond motifs is 1. The van der Waals surface area contributed by atoms with Crippen LogP contribution in [0.1, 0.15) is 22.8 Å². The van der Waals surface area contributed by atoms with Gasteiger partial charge in [0.1, 0.15) is 0 Å². The molecule has 0 bridgehead atoms. The second-order valence-electron chi connectivity index (χ2n) is 5.19. The average Bonchev–Trinajstić information content (AvgIpc) is 2.50. The molecule has 1 N–H and O–H groups in total. The molecule has 1 unspecified atom stereocenters. The lowest BCUT2D eigenvalue weighted by Gasteiger charge is -2.15. The van der Waals surface area contributed by atoms with Crippen LogP contribution >= 0.6 is 11.6 Å². The number of aliphatic hydroxyl groups excluding tert-OH is 1. The lowest BCUT2D eigenvalue weighted by Crippen LogP contribution is -2.04. The SMILES string of the molecule is Cc1cccc(C(O)Cc2ccnc3ccccc23)c1Cl. The number of para-hydroxylation sites is 1. The number of rotatable bonds is 3. The Morgan fingerprint density at radius 1 is 1.10 bits per heavy atom. The Bertz CT molecular complexity index is 780. The minimum atomic E-state index is -0.622. The normalized spacial score (nSPS) is 12.5. The van der Waals surface area contributed by atoms with E-state index in [-0.39, 0.29) is 0 Å². The Morgan fingerprint density at radius 3 is 2.76 bits per heavy atom. The molecular weight excluding hydrogens is 282 g/mol. The zero-order valence-corrected chi connectivity index (χ0v) is 12.5. The van der Waals surface area contributed by atoms with Gasteiger partial charge in [-0.1, -0.05) is 48.0 Å². The maximum Gasteiger partial charge on any atom is 0.0845 e. The maximum atomic E-state index is 10.5. The third-order valence-electron chi connectivity index (χ3n) is 3.73. The zero-order chi connectivity index (χ0) is 14.8. The molecule has 0 spiro atoms. The highest BCUT2D eigenvalue weighted by atomic mass is 35.5. The van der Waals surface area contributed by atoms with Crippen molar-refractivity contribution in [2.45, 2.75) is 19.4 Å². The molecule has 0 aliphatic rings. The van der Waals surface area contributed by atoms with Crippen LogP contribution in [0.5, 0.6) is 0 Å². The smallest absolute Gasteiger partial charge is 0.0845 e. The first-order chi connectivity index (χ1) is 10.2. The largest absolute Gasteiger partial charge is 0.388 e. The van der Waals surface area contributed by atoms with E-state index in [0.29, 0.717) is 11.4 Å². The van der Waals surface area contributed by atoms with Gasteiger partial charge in [0.25, 0.3) is 0 Å². The molecule has 0 saturated carbocycles. The predicted molar refractivity (Wildman–Crippen MR) is 86.6 cm³/mol. The van der Waals surface area contributed by atoms with Crippen LogP contribution in [0.4, 0.5) is 0 Å². The van der Waals surface area contributed by atoms with Gasteiger partial charge in [-0.15, -0.1) is 0 Å². The van der Waals surface area contributed by atoms with Crippen LogP contribution in [0.25, 0.3) is 10.9 Å². The van der Waals surface area contributed by atoms with Gasteiger partial charge in [-0.3, -0.25) is 4.98 Å². The molecule has 106 valence electrons. The maximum absolute atomic E-state index is 10.5. The first kappa shape index (κ1) is 14.1. The second-order valence-corrected chi connectivity index (χ2v) is 5.56. The molecule has 2 nitrogen and oxygen atoms in total. The molecule has 21 heavy (non-hydrogen) atoms. The molecule has 0 radical (unpaired) electrons. The van der Waals surface area contributed by atoms with Crippen LogP contribution in [-0.4, -0.2) is 10.1 Å². The van der Waals surface area contributed by atoms with Gasteiger partial charge in [0.05, 0.1) is 11.6 Å². The average molecular weight is 298 g/mol. The van der Waals surface area contributed by atoms with E-state index < -0.39 is 6.10 Å². The van der Waals surface area contributed by atoms with Crippen molar-refractivity contribution in [1.29, 1.82) is 0 Å². The Balaban J connectivity index is 1.97. The molecule has 1 aromatic heterocycles. The number of halogens is 1. The fourth-order valence-electron chi connectivity index (χ4n) is 2.58. The molecule has 2 aromatic carbocycles. The van der Waals surface area contributed by atoms with Crippen molar-refractivity contribution in [2.24, 2.45) is 0 Å². The van der Waals surface area contributed by atoms with Gasteiger partial charge in [0.2, 0.25) is 0 Å². The summed E-state index contributed by atoms with van der Waals surface area (Å²) in [6, 6.07) is 15.7. The van der Waals surface area contributed by atoms with Gasteiger partial charge >= 0.3 is 0 Å². The van der Waals surface area contributed by atoms with Crippen molar-refractivity contribution >= 4 is 22.5 Å². The summed E-state index contributed by atoms with van der Waals surface area (Å²) < 4.78 is 0. The molecule has 0 amide bonds. The van der Waals surface area contributed by atoms with E-state index in [4.69, 9.17) is 11.6 Å². The van der Waals surface area contributed by atoms with Gasteiger partial charge in [-0.05, 0) is 35.7 Å². The lowest BCUT2D eigenvalue weighted by molar-refractivity contribution is 0.179. The molecule has 3 heteroatoms. The second kappa shape index (κ2) is 5.84. The van der Waals surface area contributed by atoms with E-state index in [1.165, 1.54) is 0 Å². The zero-order valence-electron chi connectivity index (χ0n) is 11.8. The summed E-state index contributed by atoms with van der Waals surface area (Å²) in [5.74, 6) is 0. The minimum absolute atomic E-state index is 0.520. The standard InChI is InChI=1S/C18H16ClNO/c1-12-5-4-7-15(18(12)19)17(21)11-13-9-10-20-16-8-3-2-6-14(13)16/h2-10,17,21H,11H2,1H3. The monoisotopic (exact) mass is 297 g/mol. The number of aryl methyl sites for hydroxylation is 1. The molecule has 1 atom stereocenters. The summed E-state index contributed by atoms with van der Waals surface area (Å²) >= 11 is 6.30. The quantitative estimate of drug-likeness (QED) is 0.773. The van der Waals surface area contributed by atoms with E-state index >= 15 is 0 Å².